The molecular weight excluding hydrogens is 432 g/mol. The van der Waals surface area contributed by atoms with E-state index >= 15 is 0 Å². The molecule has 0 radical (unpaired) electrons. The summed E-state index contributed by atoms with van der Waals surface area (Å²) in [4.78, 5) is 44.9. The Balaban J connectivity index is 1.11. The fourth-order valence-corrected chi connectivity index (χ4v) is 5.89. The van der Waals surface area contributed by atoms with Crippen LogP contribution in [0.5, 0.6) is 5.75 Å². The van der Waals surface area contributed by atoms with Gasteiger partial charge in [-0.15, -0.1) is 0 Å². The predicted molar refractivity (Wildman–Crippen MR) is 123 cm³/mol. The Labute approximate surface area is 198 Å². The lowest BCUT2D eigenvalue weighted by atomic mass is 9.90. The number of nitrogens with one attached hydrogen (secondary N) is 1. The molecule has 1 N–H and O–H groups in total. The van der Waals surface area contributed by atoms with E-state index in [1.54, 1.807) is 4.90 Å². The van der Waals surface area contributed by atoms with E-state index in [9.17, 15) is 14.4 Å². The number of pyridine rings is 1. The second-order valence-corrected chi connectivity index (χ2v) is 9.80. The summed E-state index contributed by atoms with van der Waals surface area (Å²) < 4.78 is 6.46. The number of amides is 3. The number of rotatable bonds is 5. The van der Waals surface area contributed by atoms with Crippen LogP contribution in [0.25, 0.3) is 0 Å². The number of carbonyl (C=O) groups excluding carboxylic acids is 3. The summed E-state index contributed by atoms with van der Waals surface area (Å²) in [5, 5.41) is 2.35. The summed E-state index contributed by atoms with van der Waals surface area (Å²) in [5.41, 5.74) is 2.84. The zero-order valence-electron chi connectivity index (χ0n) is 19.0. The van der Waals surface area contributed by atoms with Gasteiger partial charge in [0.15, 0.2) is 0 Å². The average Bonchev–Trinajstić information content (AvgIpc) is 3.38. The Morgan fingerprint density at radius 3 is 2.62 bits per heavy atom. The molecule has 0 spiro atoms. The van der Waals surface area contributed by atoms with Crippen molar-refractivity contribution in [3.8, 4) is 5.75 Å². The average molecular weight is 461 g/mol. The summed E-state index contributed by atoms with van der Waals surface area (Å²) in [7, 11) is 0. The highest BCUT2D eigenvalue weighted by atomic mass is 16.5. The number of ether oxygens (including phenoxy) is 1. The monoisotopic (exact) mass is 460 g/mol. The maximum atomic E-state index is 12.9. The summed E-state index contributed by atoms with van der Waals surface area (Å²) in [6.07, 6.45) is 7.80. The first kappa shape index (κ1) is 21.3. The largest absolute Gasteiger partial charge is 0.489 e. The van der Waals surface area contributed by atoms with Gasteiger partial charge in [-0.25, -0.2) is 0 Å². The smallest absolute Gasteiger partial charge is 0.255 e. The number of carbonyl (C=O) groups is 3. The van der Waals surface area contributed by atoms with Crippen LogP contribution in [0.2, 0.25) is 0 Å². The van der Waals surface area contributed by atoms with E-state index in [1.165, 1.54) is 5.56 Å². The molecule has 3 amide bonds. The molecule has 4 heterocycles. The van der Waals surface area contributed by atoms with Crippen LogP contribution in [0.15, 0.2) is 42.7 Å². The molecule has 0 bridgehead atoms. The molecule has 2 saturated heterocycles. The molecule has 1 aliphatic carbocycles. The molecule has 3 aliphatic heterocycles. The van der Waals surface area contributed by atoms with Gasteiger partial charge in [-0.2, -0.15) is 0 Å². The van der Waals surface area contributed by atoms with E-state index in [1.807, 2.05) is 30.6 Å². The molecule has 1 aromatic heterocycles. The van der Waals surface area contributed by atoms with Crippen LogP contribution in [-0.4, -0.2) is 63.8 Å². The molecule has 4 aliphatic rings. The van der Waals surface area contributed by atoms with Crippen LogP contribution < -0.4 is 10.1 Å². The van der Waals surface area contributed by atoms with Gasteiger partial charge in [0.2, 0.25) is 11.8 Å². The molecular formula is C26H28N4O4. The third kappa shape index (κ3) is 3.76. The highest BCUT2D eigenvalue weighted by Gasteiger charge is 2.41. The van der Waals surface area contributed by atoms with Crippen LogP contribution in [0.1, 0.15) is 59.5 Å². The van der Waals surface area contributed by atoms with Gasteiger partial charge in [-0.3, -0.25) is 29.6 Å². The first-order valence-corrected chi connectivity index (χ1v) is 12.1. The summed E-state index contributed by atoms with van der Waals surface area (Å²) in [6.45, 7) is 2.47. The minimum Gasteiger partial charge on any atom is -0.489 e. The van der Waals surface area contributed by atoms with E-state index in [2.05, 4.69) is 27.3 Å². The van der Waals surface area contributed by atoms with Gasteiger partial charge in [0.25, 0.3) is 5.91 Å². The molecule has 1 aromatic carbocycles. The lowest BCUT2D eigenvalue weighted by Gasteiger charge is -2.45. The Morgan fingerprint density at radius 2 is 1.82 bits per heavy atom. The zero-order chi connectivity index (χ0) is 23.2. The molecule has 176 valence electrons. The quantitative estimate of drug-likeness (QED) is 0.688. The molecule has 3 fully saturated rings. The van der Waals surface area contributed by atoms with Gasteiger partial charge in [0, 0.05) is 56.0 Å². The second-order valence-electron chi connectivity index (χ2n) is 9.80. The third-order valence-corrected chi connectivity index (χ3v) is 7.76. The highest BCUT2D eigenvalue weighted by Crippen LogP contribution is 2.37. The maximum Gasteiger partial charge on any atom is 0.255 e. The minimum atomic E-state index is -0.596. The van der Waals surface area contributed by atoms with Crippen molar-refractivity contribution in [1.82, 2.24) is 20.1 Å². The van der Waals surface area contributed by atoms with Crippen molar-refractivity contribution in [3.63, 3.8) is 0 Å². The van der Waals surface area contributed by atoms with Gasteiger partial charge in [-0.05, 0) is 67.1 Å². The van der Waals surface area contributed by atoms with Crippen LogP contribution in [0.4, 0.5) is 0 Å². The molecule has 3 atom stereocenters. The molecule has 1 unspecified atom stereocenters. The van der Waals surface area contributed by atoms with Crippen LogP contribution in [0, 0.1) is 0 Å². The lowest BCUT2D eigenvalue weighted by Crippen LogP contribution is -2.54. The van der Waals surface area contributed by atoms with Crippen molar-refractivity contribution in [2.24, 2.45) is 0 Å². The second kappa shape index (κ2) is 8.51. The highest BCUT2D eigenvalue weighted by molar-refractivity contribution is 6.05. The van der Waals surface area contributed by atoms with Gasteiger partial charge in [-0.1, -0.05) is 0 Å². The van der Waals surface area contributed by atoms with Gasteiger partial charge in [0.05, 0.1) is 0 Å². The number of piperidine rings is 1. The summed E-state index contributed by atoms with van der Waals surface area (Å²) >= 11 is 0. The molecule has 34 heavy (non-hydrogen) atoms. The standard InChI is InChI=1S/C26H28N4O4/c31-24-7-6-22(25(32)28-24)30-15-17-12-19(4-5-20(17)26(30)33)34-23-3-1-2-21(23)29-13-18(14-29)16-8-10-27-11-9-16/h4-5,8-12,18,21-23H,1-3,6-7,13-15H2,(H,28,31,32)/t21-,22?,23-/m1/s1. The summed E-state index contributed by atoms with van der Waals surface area (Å²) in [5.74, 6) is 0.523. The third-order valence-electron chi connectivity index (χ3n) is 7.76. The number of hydrogen-bond donors (Lipinski definition) is 1. The predicted octanol–water partition coefficient (Wildman–Crippen LogP) is 2.24. The maximum absolute atomic E-state index is 12.9. The topological polar surface area (TPSA) is 91.8 Å². The zero-order valence-corrected chi connectivity index (χ0v) is 19.0. The first-order chi connectivity index (χ1) is 16.6. The van der Waals surface area contributed by atoms with E-state index in [-0.39, 0.29) is 30.2 Å². The summed E-state index contributed by atoms with van der Waals surface area (Å²) in [6, 6.07) is 9.66. The van der Waals surface area contributed by atoms with Crippen molar-refractivity contribution >= 4 is 17.7 Å². The molecule has 8 nitrogen and oxygen atoms in total. The number of nitrogens with zero attached hydrogens (tertiary/aromatic N) is 3. The number of imide groups is 1. The van der Waals surface area contributed by atoms with Crippen molar-refractivity contribution in [2.45, 2.75) is 62.8 Å². The Hall–Kier alpha value is -3.26. The molecule has 1 saturated carbocycles. The first-order valence-electron chi connectivity index (χ1n) is 12.1. The number of aromatic nitrogens is 1. The van der Waals surface area contributed by atoms with E-state index in [0.29, 0.717) is 30.5 Å². The van der Waals surface area contributed by atoms with Crippen molar-refractivity contribution < 1.29 is 19.1 Å². The molecule has 6 rings (SSSR count). The van der Waals surface area contributed by atoms with Crippen LogP contribution in [0.3, 0.4) is 0 Å². The van der Waals surface area contributed by atoms with Gasteiger partial charge >= 0.3 is 0 Å². The minimum absolute atomic E-state index is 0.139. The molecule has 8 heteroatoms. The van der Waals surface area contributed by atoms with Gasteiger partial charge in [0.1, 0.15) is 17.9 Å². The lowest BCUT2D eigenvalue weighted by molar-refractivity contribution is -0.136. The SMILES string of the molecule is O=C1CCC(N2Cc3cc(O[C@@H]4CCC[C@H]4N4CC(c5ccncc5)C4)ccc3C2=O)C(=O)N1. The Morgan fingerprint density at radius 1 is 1.00 bits per heavy atom. The van der Waals surface area contributed by atoms with Gasteiger partial charge < -0.3 is 9.64 Å². The van der Waals surface area contributed by atoms with Crippen LogP contribution >= 0.6 is 0 Å². The number of fused-ring (bicyclic) bond motifs is 1. The fourth-order valence-electron chi connectivity index (χ4n) is 5.89. The number of benzene rings is 1. The van der Waals surface area contributed by atoms with E-state index < -0.39 is 6.04 Å². The van der Waals surface area contributed by atoms with Crippen molar-refractivity contribution in [1.29, 1.82) is 0 Å². The van der Waals surface area contributed by atoms with Crippen molar-refractivity contribution in [3.05, 3.63) is 59.4 Å². The van der Waals surface area contributed by atoms with Crippen LogP contribution in [-0.2, 0) is 16.1 Å². The Kier molecular flexibility index (Phi) is 5.32. The number of likely N-dealkylation sites (tertiary alicyclic amines) is 1. The molecule has 2 aromatic rings. The van der Waals surface area contributed by atoms with E-state index in [4.69, 9.17) is 4.74 Å². The Bertz CT molecular complexity index is 1130. The number of hydrogen-bond acceptors (Lipinski definition) is 6. The van der Waals surface area contributed by atoms with E-state index in [0.717, 1.165) is 43.7 Å². The fraction of sp³-hybridized carbons (Fsp3) is 0.462. The van der Waals surface area contributed by atoms with Crippen molar-refractivity contribution in [2.75, 3.05) is 13.1 Å². The normalized spacial score (nSPS) is 27.5.